The Bertz CT molecular complexity index is 756. The Morgan fingerprint density at radius 2 is 1.85 bits per heavy atom. The molecular formula is C23H30O3. The SMILES string of the molecule is CCCCc1cc(-c2ccccc2C(OC(C)(C)C)C(=O)O)ccc1C. The topological polar surface area (TPSA) is 46.5 Å². The number of unbranched alkanes of at least 4 members (excludes halogenated alkanes) is 1. The van der Waals surface area contributed by atoms with Gasteiger partial charge in [0.15, 0.2) is 6.10 Å². The smallest absolute Gasteiger partial charge is 0.337 e. The highest BCUT2D eigenvalue weighted by atomic mass is 16.5. The number of benzene rings is 2. The summed E-state index contributed by atoms with van der Waals surface area (Å²) < 4.78 is 5.87. The molecule has 0 spiro atoms. The number of ether oxygens (including phenoxy) is 1. The molecule has 0 bridgehead atoms. The van der Waals surface area contributed by atoms with E-state index in [1.165, 1.54) is 11.1 Å². The molecule has 0 saturated carbocycles. The van der Waals surface area contributed by atoms with Crippen LogP contribution in [0.5, 0.6) is 0 Å². The molecule has 0 aliphatic heterocycles. The van der Waals surface area contributed by atoms with Crippen LogP contribution in [0.15, 0.2) is 42.5 Å². The van der Waals surface area contributed by atoms with Crippen LogP contribution in [-0.2, 0) is 16.0 Å². The standard InChI is InChI=1S/C23H30O3/c1-6-7-10-17-15-18(14-13-16(17)2)19-11-8-9-12-20(19)21(22(24)25)26-23(3,4)5/h8-9,11-15,21H,6-7,10H2,1-5H3,(H,24,25). The fraction of sp³-hybridized carbons (Fsp3) is 0.435. The van der Waals surface area contributed by atoms with E-state index in [0.717, 1.165) is 30.4 Å². The fourth-order valence-corrected chi connectivity index (χ4v) is 3.06. The van der Waals surface area contributed by atoms with Gasteiger partial charge in [-0.05, 0) is 68.4 Å². The summed E-state index contributed by atoms with van der Waals surface area (Å²) in [6.07, 6.45) is 2.35. The Balaban J connectivity index is 2.50. The molecule has 1 N–H and O–H groups in total. The Kier molecular flexibility index (Phi) is 6.60. The number of aryl methyl sites for hydroxylation is 2. The third-order valence-corrected chi connectivity index (χ3v) is 4.40. The summed E-state index contributed by atoms with van der Waals surface area (Å²) in [6.45, 7) is 9.94. The van der Waals surface area contributed by atoms with E-state index in [9.17, 15) is 9.90 Å². The summed E-state index contributed by atoms with van der Waals surface area (Å²) in [6, 6.07) is 14.0. The lowest BCUT2D eigenvalue weighted by molar-refractivity contribution is -0.160. The minimum Gasteiger partial charge on any atom is -0.479 e. The van der Waals surface area contributed by atoms with Gasteiger partial charge in [0.1, 0.15) is 0 Å². The lowest BCUT2D eigenvalue weighted by Crippen LogP contribution is -2.27. The second kappa shape index (κ2) is 8.50. The van der Waals surface area contributed by atoms with Gasteiger partial charge in [-0.3, -0.25) is 0 Å². The third kappa shape index (κ3) is 5.18. The van der Waals surface area contributed by atoms with E-state index >= 15 is 0 Å². The van der Waals surface area contributed by atoms with Crippen molar-refractivity contribution >= 4 is 5.97 Å². The first-order valence-electron chi connectivity index (χ1n) is 9.32. The van der Waals surface area contributed by atoms with Crippen LogP contribution in [0, 0.1) is 6.92 Å². The molecule has 2 aromatic rings. The molecule has 3 heteroatoms. The van der Waals surface area contributed by atoms with Crippen molar-refractivity contribution in [2.75, 3.05) is 0 Å². The highest BCUT2D eigenvalue weighted by Crippen LogP contribution is 2.34. The van der Waals surface area contributed by atoms with E-state index in [0.29, 0.717) is 5.56 Å². The molecular weight excluding hydrogens is 324 g/mol. The molecule has 0 aliphatic rings. The van der Waals surface area contributed by atoms with Crippen LogP contribution >= 0.6 is 0 Å². The average Bonchev–Trinajstić information content (AvgIpc) is 2.58. The van der Waals surface area contributed by atoms with Gasteiger partial charge >= 0.3 is 5.97 Å². The van der Waals surface area contributed by atoms with E-state index < -0.39 is 17.7 Å². The van der Waals surface area contributed by atoms with E-state index in [-0.39, 0.29) is 0 Å². The summed E-state index contributed by atoms with van der Waals surface area (Å²) in [5, 5.41) is 9.75. The zero-order valence-electron chi connectivity index (χ0n) is 16.5. The first kappa shape index (κ1) is 20.2. The largest absolute Gasteiger partial charge is 0.479 e. The minimum atomic E-state index is -0.994. The van der Waals surface area contributed by atoms with Crippen molar-refractivity contribution in [3.8, 4) is 11.1 Å². The number of rotatable bonds is 7. The van der Waals surface area contributed by atoms with Crippen LogP contribution in [0.2, 0.25) is 0 Å². The summed E-state index contributed by atoms with van der Waals surface area (Å²) in [5.41, 5.74) is 4.71. The Labute approximate surface area is 157 Å². The quantitative estimate of drug-likeness (QED) is 0.669. The van der Waals surface area contributed by atoms with E-state index in [1.807, 2.05) is 45.0 Å². The first-order chi connectivity index (χ1) is 12.2. The Morgan fingerprint density at radius 3 is 2.46 bits per heavy atom. The van der Waals surface area contributed by atoms with Crippen molar-refractivity contribution in [2.24, 2.45) is 0 Å². The highest BCUT2D eigenvalue weighted by molar-refractivity contribution is 5.80. The van der Waals surface area contributed by atoms with Gasteiger partial charge in [-0.25, -0.2) is 4.79 Å². The van der Waals surface area contributed by atoms with Gasteiger partial charge < -0.3 is 9.84 Å². The van der Waals surface area contributed by atoms with Gasteiger partial charge in [0.2, 0.25) is 0 Å². The maximum Gasteiger partial charge on any atom is 0.337 e. The Morgan fingerprint density at radius 1 is 1.15 bits per heavy atom. The van der Waals surface area contributed by atoms with Gasteiger partial charge in [0.05, 0.1) is 5.60 Å². The molecule has 0 fully saturated rings. The van der Waals surface area contributed by atoms with Crippen molar-refractivity contribution in [2.45, 2.75) is 65.6 Å². The molecule has 2 aromatic carbocycles. The lowest BCUT2D eigenvalue weighted by Gasteiger charge is -2.26. The van der Waals surface area contributed by atoms with E-state index in [4.69, 9.17) is 4.74 Å². The van der Waals surface area contributed by atoms with Crippen LogP contribution < -0.4 is 0 Å². The number of hydrogen-bond acceptors (Lipinski definition) is 2. The Hall–Kier alpha value is -2.13. The lowest BCUT2D eigenvalue weighted by atomic mass is 9.92. The van der Waals surface area contributed by atoms with E-state index in [2.05, 4.69) is 32.0 Å². The van der Waals surface area contributed by atoms with Gasteiger partial charge in [0, 0.05) is 0 Å². The molecule has 140 valence electrons. The normalized spacial score (nSPS) is 12.8. The summed E-state index contributed by atoms with van der Waals surface area (Å²) >= 11 is 0. The average molecular weight is 354 g/mol. The molecule has 0 aromatic heterocycles. The maximum absolute atomic E-state index is 11.9. The van der Waals surface area contributed by atoms with Gasteiger partial charge in [-0.1, -0.05) is 55.8 Å². The predicted molar refractivity (Wildman–Crippen MR) is 106 cm³/mol. The van der Waals surface area contributed by atoms with Crippen molar-refractivity contribution in [1.82, 2.24) is 0 Å². The minimum absolute atomic E-state index is 0.546. The van der Waals surface area contributed by atoms with Gasteiger partial charge in [-0.15, -0.1) is 0 Å². The number of aliphatic carboxylic acids is 1. The molecule has 1 atom stereocenters. The molecule has 0 heterocycles. The molecule has 1 unspecified atom stereocenters. The van der Waals surface area contributed by atoms with Crippen LogP contribution in [0.25, 0.3) is 11.1 Å². The molecule has 0 amide bonds. The van der Waals surface area contributed by atoms with Crippen LogP contribution in [-0.4, -0.2) is 16.7 Å². The first-order valence-corrected chi connectivity index (χ1v) is 9.32. The molecule has 3 nitrogen and oxygen atoms in total. The zero-order valence-corrected chi connectivity index (χ0v) is 16.5. The van der Waals surface area contributed by atoms with Crippen molar-refractivity contribution in [3.05, 3.63) is 59.2 Å². The molecule has 0 saturated heterocycles. The summed E-state index contributed by atoms with van der Waals surface area (Å²) in [4.78, 5) is 11.9. The maximum atomic E-state index is 11.9. The van der Waals surface area contributed by atoms with Crippen LogP contribution in [0.4, 0.5) is 0 Å². The molecule has 0 aliphatic carbocycles. The van der Waals surface area contributed by atoms with Crippen LogP contribution in [0.1, 0.15) is 63.3 Å². The summed E-state index contributed by atoms with van der Waals surface area (Å²) in [7, 11) is 0. The fourth-order valence-electron chi connectivity index (χ4n) is 3.06. The molecule has 2 rings (SSSR count). The van der Waals surface area contributed by atoms with Crippen molar-refractivity contribution < 1.29 is 14.6 Å². The van der Waals surface area contributed by atoms with Crippen molar-refractivity contribution in [3.63, 3.8) is 0 Å². The summed E-state index contributed by atoms with van der Waals surface area (Å²) in [5.74, 6) is -0.967. The number of carboxylic acids is 1. The number of carboxylic acid groups (broad SMARTS) is 1. The number of carbonyl (C=O) groups is 1. The predicted octanol–water partition coefficient (Wildman–Crippen LogP) is 5.95. The third-order valence-electron chi connectivity index (χ3n) is 4.40. The second-order valence-corrected chi connectivity index (χ2v) is 7.78. The monoisotopic (exact) mass is 354 g/mol. The molecule has 26 heavy (non-hydrogen) atoms. The van der Waals surface area contributed by atoms with Crippen molar-refractivity contribution in [1.29, 1.82) is 0 Å². The van der Waals surface area contributed by atoms with Gasteiger partial charge in [0.25, 0.3) is 0 Å². The number of hydrogen-bond donors (Lipinski definition) is 1. The van der Waals surface area contributed by atoms with Gasteiger partial charge in [-0.2, -0.15) is 0 Å². The van der Waals surface area contributed by atoms with Crippen LogP contribution in [0.3, 0.4) is 0 Å². The zero-order chi connectivity index (χ0) is 19.3. The highest BCUT2D eigenvalue weighted by Gasteiger charge is 2.28. The molecule has 0 radical (unpaired) electrons. The second-order valence-electron chi connectivity index (χ2n) is 7.78. The van der Waals surface area contributed by atoms with E-state index in [1.54, 1.807) is 0 Å².